The van der Waals surface area contributed by atoms with Gasteiger partial charge in [-0.3, -0.25) is 13.9 Å². The van der Waals surface area contributed by atoms with E-state index in [1.54, 1.807) is 35.2 Å². The summed E-state index contributed by atoms with van der Waals surface area (Å²) in [7, 11) is -2.54. The second kappa shape index (κ2) is 13.1. The summed E-state index contributed by atoms with van der Waals surface area (Å²) in [5, 5.41) is 3.18. The number of amides is 2. The van der Waals surface area contributed by atoms with Gasteiger partial charge in [-0.1, -0.05) is 23.8 Å². The Kier molecular flexibility index (Phi) is 9.78. The monoisotopic (exact) mass is 601 g/mol. The zero-order valence-corrected chi connectivity index (χ0v) is 24.8. The van der Waals surface area contributed by atoms with E-state index in [-0.39, 0.29) is 39.9 Å². The molecule has 9 nitrogen and oxygen atoms in total. The minimum absolute atomic E-state index is 0.0218. The summed E-state index contributed by atoms with van der Waals surface area (Å²) in [6, 6.07) is 10.5. The summed E-state index contributed by atoms with van der Waals surface area (Å²) < 4.78 is 39.2. The minimum atomic E-state index is -4.07. The van der Waals surface area contributed by atoms with Crippen molar-refractivity contribution in [3.63, 3.8) is 0 Å². The molecule has 2 aliphatic rings. The van der Waals surface area contributed by atoms with Gasteiger partial charge in [0.05, 0.1) is 46.3 Å². The molecule has 11 heteroatoms. The van der Waals surface area contributed by atoms with E-state index in [4.69, 9.17) is 21.1 Å². The zero-order valence-electron chi connectivity index (χ0n) is 23.2. The molecule has 2 heterocycles. The highest BCUT2D eigenvalue weighted by atomic mass is 35.5. The Bertz CT molecular complexity index is 1390. The third kappa shape index (κ3) is 6.45. The van der Waals surface area contributed by atoms with Gasteiger partial charge < -0.3 is 19.7 Å². The number of ether oxygens (including phenoxy) is 2. The number of allylic oxidation sites excluding steroid dienone is 1. The van der Waals surface area contributed by atoms with Crippen molar-refractivity contribution in [1.82, 2.24) is 10.2 Å². The van der Waals surface area contributed by atoms with Gasteiger partial charge in [0.15, 0.2) is 0 Å². The molecule has 2 aliphatic heterocycles. The number of halogens is 1. The molecule has 1 unspecified atom stereocenters. The van der Waals surface area contributed by atoms with Gasteiger partial charge in [0.1, 0.15) is 5.75 Å². The van der Waals surface area contributed by atoms with E-state index in [0.717, 1.165) is 0 Å². The first-order valence-corrected chi connectivity index (χ1v) is 15.3. The van der Waals surface area contributed by atoms with Crippen molar-refractivity contribution in [3.8, 4) is 5.75 Å². The molecular weight excluding hydrogens is 566 g/mol. The largest absolute Gasteiger partial charge is 0.497 e. The molecule has 2 saturated heterocycles. The lowest BCUT2D eigenvalue weighted by molar-refractivity contribution is -0.136. The van der Waals surface area contributed by atoms with E-state index >= 15 is 0 Å². The minimum Gasteiger partial charge on any atom is -0.497 e. The van der Waals surface area contributed by atoms with Crippen LogP contribution in [0.3, 0.4) is 0 Å². The maximum atomic E-state index is 13.7. The first-order chi connectivity index (χ1) is 19.7. The molecule has 0 bridgehead atoms. The van der Waals surface area contributed by atoms with Gasteiger partial charge in [-0.2, -0.15) is 0 Å². The molecule has 2 aromatic carbocycles. The summed E-state index contributed by atoms with van der Waals surface area (Å²) in [5.74, 6) is 0.143. The number of nitrogens with zero attached hydrogens (tertiary/aromatic N) is 2. The van der Waals surface area contributed by atoms with Crippen LogP contribution in [0.1, 0.15) is 36.0 Å². The molecule has 0 spiro atoms. The molecule has 0 aliphatic carbocycles. The van der Waals surface area contributed by atoms with Crippen LogP contribution in [-0.2, 0) is 19.6 Å². The standard InChI is InChI=1S/C30H36ClN3O6S/c1-4-13-30(14-18-40-19-15-30)29(36)32-21-23-12-17-33(23)28(35)26-20-25(10-11-27(26)31)41(37,38)34(16-5-2)22-6-8-24(39-3)9-7-22/h4-11,20,23H,1-2,12-19,21H2,3H3,(H,32,36). The average Bonchev–Trinajstić information content (AvgIpc) is 2.96. The quantitative estimate of drug-likeness (QED) is 0.361. The van der Waals surface area contributed by atoms with Gasteiger partial charge in [0.25, 0.3) is 15.9 Å². The molecule has 0 radical (unpaired) electrons. The van der Waals surface area contributed by atoms with Crippen LogP contribution < -0.4 is 14.4 Å². The summed E-state index contributed by atoms with van der Waals surface area (Å²) in [5.41, 5.74) is -0.0402. The van der Waals surface area contributed by atoms with Crippen LogP contribution in [-0.4, -0.2) is 71.1 Å². The first-order valence-electron chi connectivity index (χ1n) is 13.5. The molecule has 2 fully saturated rings. The summed E-state index contributed by atoms with van der Waals surface area (Å²) >= 11 is 6.41. The van der Waals surface area contributed by atoms with Crippen molar-refractivity contribution in [3.05, 3.63) is 78.4 Å². The van der Waals surface area contributed by atoms with Gasteiger partial charge in [-0.25, -0.2) is 8.42 Å². The molecule has 0 aromatic heterocycles. The number of carbonyl (C=O) groups excluding carboxylic acids is 2. The topological polar surface area (TPSA) is 105 Å². The van der Waals surface area contributed by atoms with E-state index in [1.807, 2.05) is 0 Å². The number of methoxy groups -OCH3 is 1. The Morgan fingerprint density at radius 1 is 1.17 bits per heavy atom. The van der Waals surface area contributed by atoms with Crippen LogP contribution in [0.5, 0.6) is 5.75 Å². The lowest BCUT2D eigenvalue weighted by atomic mass is 9.76. The van der Waals surface area contributed by atoms with Crippen molar-refractivity contribution in [2.24, 2.45) is 5.41 Å². The fraction of sp³-hybridized carbons (Fsp3) is 0.400. The van der Waals surface area contributed by atoms with E-state index in [2.05, 4.69) is 18.5 Å². The molecule has 2 amide bonds. The molecular formula is C30H36ClN3O6S. The zero-order chi connectivity index (χ0) is 29.6. The number of anilines is 1. The second-order valence-corrected chi connectivity index (χ2v) is 12.5. The predicted molar refractivity (Wildman–Crippen MR) is 159 cm³/mol. The first kappa shape index (κ1) is 30.6. The maximum absolute atomic E-state index is 13.7. The fourth-order valence-corrected chi connectivity index (χ4v) is 6.86. The predicted octanol–water partition coefficient (Wildman–Crippen LogP) is 4.43. The Labute approximate surface area is 246 Å². The van der Waals surface area contributed by atoms with Gasteiger partial charge in [-0.05, 0) is 68.1 Å². The van der Waals surface area contributed by atoms with Crippen LogP contribution in [0.4, 0.5) is 5.69 Å². The summed E-state index contributed by atoms with van der Waals surface area (Å²) in [6.45, 7) is 9.35. The van der Waals surface area contributed by atoms with Crippen LogP contribution in [0, 0.1) is 5.41 Å². The summed E-state index contributed by atoms with van der Waals surface area (Å²) in [4.78, 5) is 28.2. The van der Waals surface area contributed by atoms with Crippen LogP contribution in [0.2, 0.25) is 5.02 Å². The Hall–Kier alpha value is -3.34. The number of rotatable bonds is 12. The number of sulfonamides is 1. The van der Waals surface area contributed by atoms with E-state index in [0.29, 0.717) is 63.4 Å². The van der Waals surface area contributed by atoms with Crippen molar-refractivity contribution < 1.29 is 27.5 Å². The van der Waals surface area contributed by atoms with Crippen molar-refractivity contribution in [2.45, 2.75) is 36.6 Å². The number of likely N-dealkylation sites (tertiary alicyclic amines) is 1. The fourth-order valence-electron chi connectivity index (χ4n) is 5.20. The second-order valence-electron chi connectivity index (χ2n) is 10.2. The number of nitrogens with one attached hydrogen (secondary N) is 1. The van der Waals surface area contributed by atoms with E-state index in [9.17, 15) is 18.0 Å². The van der Waals surface area contributed by atoms with Crippen LogP contribution >= 0.6 is 11.6 Å². The van der Waals surface area contributed by atoms with E-state index < -0.39 is 15.4 Å². The number of carbonyl (C=O) groups is 2. The SMILES string of the molecule is C=CCN(c1ccc(OC)cc1)S(=O)(=O)c1ccc(Cl)c(C(=O)N2CCC2CNC(=O)C2(CC=C)CCOCC2)c1. The highest BCUT2D eigenvalue weighted by Gasteiger charge is 2.40. The highest BCUT2D eigenvalue weighted by Crippen LogP contribution is 2.35. The van der Waals surface area contributed by atoms with Crippen LogP contribution in [0.15, 0.2) is 72.7 Å². The van der Waals surface area contributed by atoms with Gasteiger partial charge in [0.2, 0.25) is 5.91 Å². The number of hydrogen-bond donors (Lipinski definition) is 1. The third-order valence-electron chi connectivity index (χ3n) is 7.78. The molecule has 0 saturated carbocycles. The Morgan fingerprint density at radius 3 is 2.46 bits per heavy atom. The smallest absolute Gasteiger partial charge is 0.264 e. The molecule has 220 valence electrons. The third-order valence-corrected chi connectivity index (χ3v) is 9.90. The lowest BCUT2D eigenvalue weighted by Gasteiger charge is -2.42. The van der Waals surface area contributed by atoms with Crippen molar-refractivity contribution in [2.75, 3.05) is 44.3 Å². The van der Waals surface area contributed by atoms with Crippen molar-refractivity contribution >= 4 is 39.1 Å². The van der Waals surface area contributed by atoms with Gasteiger partial charge >= 0.3 is 0 Å². The molecule has 41 heavy (non-hydrogen) atoms. The summed E-state index contributed by atoms with van der Waals surface area (Å²) in [6.07, 6.45) is 5.76. The van der Waals surface area contributed by atoms with Crippen molar-refractivity contribution in [1.29, 1.82) is 0 Å². The Morgan fingerprint density at radius 2 is 1.88 bits per heavy atom. The molecule has 4 rings (SSSR count). The van der Waals surface area contributed by atoms with E-state index in [1.165, 1.54) is 35.7 Å². The molecule has 1 atom stereocenters. The average molecular weight is 602 g/mol. The number of hydrogen-bond acceptors (Lipinski definition) is 6. The normalized spacial score (nSPS) is 18.1. The maximum Gasteiger partial charge on any atom is 0.264 e. The molecule has 1 N–H and O–H groups in total. The number of benzene rings is 2. The van der Waals surface area contributed by atoms with Gasteiger partial charge in [0, 0.05) is 26.3 Å². The van der Waals surface area contributed by atoms with Gasteiger partial charge in [-0.15, -0.1) is 13.2 Å². The van der Waals surface area contributed by atoms with Crippen LogP contribution in [0.25, 0.3) is 0 Å². The Balaban J connectivity index is 1.51. The molecule has 2 aromatic rings. The lowest BCUT2D eigenvalue weighted by Crippen LogP contribution is -2.57. The highest BCUT2D eigenvalue weighted by molar-refractivity contribution is 7.92.